The summed E-state index contributed by atoms with van der Waals surface area (Å²) in [6.45, 7) is 0.0759. The van der Waals surface area contributed by atoms with Crippen LogP contribution >= 0.6 is 19.6 Å². The molecule has 0 spiro atoms. The van der Waals surface area contributed by atoms with E-state index in [4.69, 9.17) is 36.6 Å². The van der Waals surface area contributed by atoms with Crippen molar-refractivity contribution in [3.8, 4) is 5.75 Å². The molecule has 2 fully saturated rings. The van der Waals surface area contributed by atoms with Crippen LogP contribution in [0.2, 0.25) is 0 Å². The Kier molecular flexibility index (Phi) is 5.74. The van der Waals surface area contributed by atoms with Gasteiger partial charge in [0.15, 0.2) is 34.5 Å². The summed E-state index contributed by atoms with van der Waals surface area (Å²) in [7, 11) is 5.43. The van der Waals surface area contributed by atoms with E-state index in [9.17, 15) is 4.89 Å². The topological polar surface area (TPSA) is 136 Å². The van der Waals surface area contributed by atoms with Crippen molar-refractivity contribution in [1.29, 1.82) is 0 Å². The molecule has 1 unspecified atom stereocenters. The van der Waals surface area contributed by atoms with Crippen LogP contribution in [-0.4, -0.2) is 71.1 Å². The number of nitrogens with zero attached hydrogens (tertiary/aromatic N) is 4. The summed E-state index contributed by atoms with van der Waals surface area (Å²) < 4.78 is 29.8. The van der Waals surface area contributed by atoms with E-state index >= 15 is 0 Å². The second-order valence-corrected chi connectivity index (χ2v) is 9.81. The second-order valence-electron chi connectivity index (χ2n) is 7.17. The Bertz CT molecular complexity index is 1130. The lowest BCUT2D eigenvalue weighted by atomic mass is 10.1. The maximum atomic E-state index is 10.1. The number of imidazole rings is 1. The summed E-state index contributed by atoms with van der Waals surface area (Å²) in [4.78, 5) is 24.2. The van der Waals surface area contributed by atoms with Gasteiger partial charge in [0, 0.05) is 12.0 Å². The highest BCUT2D eigenvalue weighted by atomic mass is 32.2. The van der Waals surface area contributed by atoms with Crippen LogP contribution in [0.4, 0.5) is 5.82 Å². The van der Waals surface area contributed by atoms with Crippen molar-refractivity contribution in [2.75, 3.05) is 26.6 Å². The zero-order chi connectivity index (χ0) is 22.5. The van der Waals surface area contributed by atoms with Gasteiger partial charge in [-0.15, -0.1) is 0 Å². The quantitative estimate of drug-likeness (QED) is 0.412. The van der Waals surface area contributed by atoms with E-state index in [1.807, 2.05) is 24.3 Å². The van der Waals surface area contributed by atoms with Gasteiger partial charge in [-0.1, -0.05) is 11.8 Å². The lowest BCUT2D eigenvalue weighted by Gasteiger charge is -2.29. The number of anilines is 1. The van der Waals surface area contributed by atoms with Crippen LogP contribution in [0, 0.1) is 0 Å². The number of ether oxygens (including phenoxy) is 3. The minimum absolute atomic E-state index is 0.0759. The Hall–Kier alpha value is -1.99. The molecule has 2 aliphatic rings. The molecule has 0 saturated carbocycles. The summed E-state index contributed by atoms with van der Waals surface area (Å²) in [5.41, 5.74) is 7.00. The summed E-state index contributed by atoms with van der Waals surface area (Å²) in [5.74, 6) is 0.993. The Morgan fingerprint density at radius 2 is 2.06 bits per heavy atom. The molecule has 2 aromatic heterocycles. The van der Waals surface area contributed by atoms with E-state index < -0.39 is 32.4 Å². The first-order valence-corrected chi connectivity index (χ1v) is 12.1. The SMILES string of the molecule is [B][P+]1(O)OC[C@H]2O[C@@H](n3c(Sc4ccc(OC)cc4)nc4c(N)ncnc43)[C@H](OC)[C@@H]2O1. The van der Waals surface area contributed by atoms with Crippen LogP contribution in [-0.2, 0) is 18.5 Å². The van der Waals surface area contributed by atoms with Crippen molar-refractivity contribution in [2.45, 2.75) is 34.6 Å². The number of rotatable bonds is 5. The molecule has 32 heavy (non-hydrogen) atoms. The Morgan fingerprint density at radius 3 is 2.78 bits per heavy atom. The van der Waals surface area contributed by atoms with Gasteiger partial charge in [-0.3, -0.25) is 4.57 Å². The molecular formula is C18H20BN5O6PS+. The van der Waals surface area contributed by atoms with Gasteiger partial charge in [-0.25, -0.2) is 19.8 Å². The van der Waals surface area contributed by atoms with Crippen LogP contribution in [0.5, 0.6) is 5.75 Å². The van der Waals surface area contributed by atoms with Crippen molar-refractivity contribution in [1.82, 2.24) is 19.5 Å². The standard InChI is InChI=1S/C18H20BN5O6PS/c1-26-9-3-5-10(6-4-9)32-18-23-12-15(20)21-8-22-16(12)24(18)17-14(27-2)13-11(29-17)7-28-31(19,25)30-13/h3-6,8,11,13-14,17,25H,7H2,1-2H3,(H2,20,21,22)/q+1/t11-,13-,14-,17-,31?/m1/s1. The molecular weight excluding hydrogens is 456 g/mol. The number of aromatic nitrogens is 4. The maximum absolute atomic E-state index is 10.1. The third kappa shape index (κ3) is 3.84. The number of hydrogen-bond donors (Lipinski definition) is 2. The average molecular weight is 476 g/mol. The zero-order valence-corrected chi connectivity index (χ0v) is 18.9. The van der Waals surface area contributed by atoms with Crippen molar-refractivity contribution in [3.05, 3.63) is 30.6 Å². The van der Waals surface area contributed by atoms with Crippen LogP contribution in [0.15, 0.2) is 40.6 Å². The summed E-state index contributed by atoms with van der Waals surface area (Å²) in [5, 5.41) is 0.571. The number of fused-ring (bicyclic) bond motifs is 2. The van der Waals surface area contributed by atoms with Gasteiger partial charge in [-0.2, -0.15) is 9.05 Å². The molecule has 3 aromatic rings. The van der Waals surface area contributed by atoms with Gasteiger partial charge in [0.2, 0.25) is 0 Å². The minimum atomic E-state index is -3.44. The zero-order valence-electron chi connectivity index (χ0n) is 17.2. The van der Waals surface area contributed by atoms with Gasteiger partial charge in [0.05, 0.1) is 7.11 Å². The van der Waals surface area contributed by atoms with Crippen molar-refractivity contribution in [3.63, 3.8) is 0 Å². The van der Waals surface area contributed by atoms with E-state index in [0.29, 0.717) is 16.3 Å². The molecule has 0 bridgehead atoms. The van der Waals surface area contributed by atoms with Gasteiger partial charge in [0.25, 0.3) is 0 Å². The van der Waals surface area contributed by atoms with Gasteiger partial charge < -0.3 is 19.9 Å². The number of nitrogens with two attached hydrogens (primary N) is 1. The third-order valence-electron chi connectivity index (χ3n) is 5.25. The third-order valence-corrected chi connectivity index (χ3v) is 7.29. The van der Waals surface area contributed by atoms with Crippen LogP contribution in [0.25, 0.3) is 11.2 Å². The predicted octanol–water partition coefficient (Wildman–Crippen LogP) is 1.73. The molecule has 2 aliphatic heterocycles. The molecule has 5 rings (SSSR count). The Balaban J connectivity index is 1.57. The smallest absolute Gasteiger partial charge is 0.488 e. The monoisotopic (exact) mass is 476 g/mol. The fourth-order valence-electron chi connectivity index (χ4n) is 3.77. The summed E-state index contributed by atoms with van der Waals surface area (Å²) in [6, 6.07) is 7.56. The van der Waals surface area contributed by atoms with Crippen LogP contribution < -0.4 is 10.5 Å². The summed E-state index contributed by atoms with van der Waals surface area (Å²) >= 11 is 1.40. The van der Waals surface area contributed by atoms with Crippen LogP contribution in [0.3, 0.4) is 0 Å². The first-order chi connectivity index (χ1) is 15.4. The molecule has 166 valence electrons. The largest absolute Gasteiger partial charge is 0.497 e. The van der Waals surface area contributed by atoms with E-state index in [1.165, 1.54) is 25.2 Å². The molecule has 1 aromatic carbocycles. The van der Waals surface area contributed by atoms with Crippen molar-refractivity contribution >= 4 is 44.1 Å². The van der Waals surface area contributed by atoms with Gasteiger partial charge in [-0.05, 0) is 24.3 Å². The van der Waals surface area contributed by atoms with E-state index in [2.05, 4.69) is 15.0 Å². The Labute approximate surface area is 189 Å². The minimum Gasteiger partial charge on any atom is -0.497 e. The normalized spacial score (nSPS) is 29.8. The molecule has 2 saturated heterocycles. The van der Waals surface area contributed by atoms with E-state index in [0.717, 1.165) is 10.6 Å². The summed E-state index contributed by atoms with van der Waals surface area (Å²) in [6.07, 6.45) is -1.05. The second kappa shape index (κ2) is 8.42. The van der Waals surface area contributed by atoms with E-state index in [-0.39, 0.29) is 12.4 Å². The predicted molar refractivity (Wildman–Crippen MR) is 117 cm³/mol. The Morgan fingerprint density at radius 1 is 1.28 bits per heavy atom. The molecule has 0 aliphatic carbocycles. The van der Waals surface area contributed by atoms with Gasteiger partial charge >= 0.3 is 15.4 Å². The van der Waals surface area contributed by atoms with Gasteiger partial charge in [0.1, 0.15) is 30.9 Å². The van der Waals surface area contributed by atoms with Crippen molar-refractivity contribution in [2.24, 2.45) is 0 Å². The molecule has 3 N–H and O–H groups in total. The number of hydrogen-bond acceptors (Lipinski definition) is 11. The fourth-order valence-corrected chi connectivity index (χ4v) is 5.70. The number of nitrogen functional groups attached to an aromatic ring is 1. The average Bonchev–Trinajstić information content (AvgIpc) is 3.31. The molecule has 0 amide bonds. The molecule has 11 nitrogen and oxygen atoms in total. The lowest BCUT2D eigenvalue weighted by molar-refractivity contribution is -0.0648. The first kappa shape index (κ1) is 21.8. The number of benzene rings is 1. The molecule has 14 heteroatoms. The molecule has 4 heterocycles. The fraction of sp³-hybridized carbons (Fsp3) is 0.389. The van der Waals surface area contributed by atoms with Crippen molar-refractivity contribution < 1.29 is 28.2 Å². The number of methoxy groups -OCH3 is 2. The van der Waals surface area contributed by atoms with Crippen LogP contribution in [0.1, 0.15) is 6.23 Å². The highest BCUT2D eigenvalue weighted by Gasteiger charge is 2.58. The maximum Gasteiger partial charge on any atom is 0.488 e. The first-order valence-electron chi connectivity index (χ1n) is 9.62. The van der Waals surface area contributed by atoms with E-state index in [1.54, 1.807) is 11.7 Å². The molecule has 2 radical (unpaired) electrons. The highest BCUT2D eigenvalue weighted by Crippen LogP contribution is 2.59. The molecule has 5 atom stereocenters. The lowest BCUT2D eigenvalue weighted by Crippen LogP contribution is -2.41. The highest BCUT2D eigenvalue weighted by molar-refractivity contribution is 7.99.